The van der Waals surface area contributed by atoms with Gasteiger partial charge in [-0.25, -0.2) is 0 Å². The predicted octanol–water partition coefficient (Wildman–Crippen LogP) is 5.91. The summed E-state index contributed by atoms with van der Waals surface area (Å²) in [6.45, 7) is 23.1. The van der Waals surface area contributed by atoms with Crippen molar-refractivity contribution in [1.82, 2.24) is 0 Å². The molecule has 22 heteroatoms. The summed E-state index contributed by atoms with van der Waals surface area (Å²) in [6, 6.07) is 0. The Labute approximate surface area is 505 Å². The summed E-state index contributed by atoms with van der Waals surface area (Å²) in [7, 11) is 1.57. The summed E-state index contributed by atoms with van der Waals surface area (Å²) in [5.74, 6) is -10.7. The van der Waals surface area contributed by atoms with Gasteiger partial charge >= 0.3 is 17.9 Å². The Hall–Kier alpha value is -3.49. The fourth-order valence-electron chi connectivity index (χ4n) is 14.1. The van der Waals surface area contributed by atoms with Crippen molar-refractivity contribution in [1.29, 1.82) is 0 Å². The molecule has 0 radical (unpaired) electrons. The van der Waals surface area contributed by atoms with E-state index in [2.05, 4.69) is 19.7 Å². The lowest BCUT2D eigenvalue weighted by molar-refractivity contribution is -0.351. The monoisotopic (exact) mass is 1220 g/mol. The molecule has 0 saturated carbocycles. The number of ketones is 1. The van der Waals surface area contributed by atoms with E-state index >= 15 is 0 Å². The molecule has 7 aliphatic rings. The van der Waals surface area contributed by atoms with Crippen LogP contribution >= 0.6 is 11.6 Å². The standard InChI is InChI=1S/C63H95ClO21/c1-33(19-42(67)18-17-35(3)64)20-53-55(72)57-39(7)58(79-53)59(73)63(75)31-51(70)37(5)52(85-63)16-14-12-13-15-44-22-43(68)27-61(81-44)29-47(76-11)23-45(82-61)25-50(69)38(6)56(78-41(9)66)36(4)34(2)21-49-28-60(10,74)32-62(84-49)30-48(77-40(8)65)24-46(83-62)26-54(71)80-57/h13,15,17-18,36-39,42-49,51-53,55-59,67-68,70,72-75H,1-3,12,14,16,19-32H2,4-11H3/b15-13-,18-17+/t36-,37-,38-,39-,42-,43+,44+,45+,46-,47+,48+,49+,51+,52-,53-,55-,56?,57-,58-,59+,60?,61-,62-,63-/m1/s1. The van der Waals surface area contributed by atoms with Crippen LogP contribution in [0, 0.1) is 23.7 Å². The molecule has 6 fully saturated rings. The van der Waals surface area contributed by atoms with Gasteiger partial charge in [0.05, 0.1) is 85.1 Å². The second-order valence-electron chi connectivity index (χ2n) is 25.9. The zero-order chi connectivity index (χ0) is 62.5. The molecule has 10 bridgehead atoms. The van der Waals surface area contributed by atoms with Gasteiger partial charge in [0, 0.05) is 108 Å². The second-order valence-corrected chi connectivity index (χ2v) is 26.4. The van der Waals surface area contributed by atoms with Crippen molar-refractivity contribution in [2.45, 2.75) is 278 Å². The van der Waals surface area contributed by atoms with Gasteiger partial charge in [0.1, 0.15) is 36.3 Å². The number of ether oxygens (including phenoxy) is 10. The van der Waals surface area contributed by atoms with Crippen LogP contribution in [-0.2, 0) is 66.5 Å². The molecule has 480 valence electrons. The number of hydrogen-bond acceptors (Lipinski definition) is 21. The zero-order valence-electron chi connectivity index (χ0n) is 50.7. The second kappa shape index (κ2) is 29.0. The molecule has 7 aliphatic heterocycles. The summed E-state index contributed by atoms with van der Waals surface area (Å²) in [5, 5.41) is 82.6. The lowest BCUT2D eigenvalue weighted by Crippen LogP contribution is -2.65. The third-order valence-corrected chi connectivity index (χ3v) is 18.4. The van der Waals surface area contributed by atoms with Crippen LogP contribution in [0.2, 0.25) is 0 Å². The smallest absolute Gasteiger partial charge is 0.308 e. The molecule has 0 aliphatic carbocycles. The number of aliphatic hydroxyl groups excluding tert-OH is 5. The molecule has 0 amide bonds. The number of aliphatic hydroxyl groups is 7. The predicted molar refractivity (Wildman–Crippen MR) is 308 cm³/mol. The fraction of sp³-hybridized carbons (Fsp3) is 0.778. The van der Waals surface area contributed by atoms with E-state index < -0.39 is 169 Å². The van der Waals surface area contributed by atoms with Gasteiger partial charge in [-0.1, -0.05) is 88.4 Å². The lowest BCUT2D eigenvalue weighted by Gasteiger charge is -2.52. The number of rotatable bonds is 9. The van der Waals surface area contributed by atoms with Crippen molar-refractivity contribution in [3.63, 3.8) is 0 Å². The van der Waals surface area contributed by atoms with Gasteiger partial charge in [-0.3, -0.25) is 19.2 Å². The van der Waals surface area contributed by atoms with Crippen LogP contribution in [0.5, 0.6) is 0 Å². The molecule has 7 heterocycles. The summed E-state index contributed by atoms with van der Waals surface area (Å²) in [4.78, 5) is 54.3. The molecule has 24 atom stereocenters. The largest absolute Gasteiger partial charge is 0.462 e. The molecule has 2 unspecified atom stereocenters. The van der Waals surface area contributed by atoms with Crippen molar-refractivity contribution in [2.75, 3.05) is 7.11 Å². The van der Waals surface area contributed by atoms with Gasteiger partial charge < -0.3 is 83.1 Å². The Balaban J connectivity index is 1.22. The SMILES string of the molecule is C=C(Cl)/C=C/[C@@H](O)CC(=C)C[C@H]1O[C@@H]2[C@H](C)[C@@H](OC(=O)C[C@H]3C[C@H](OC(C)=O)C[C@@]4(CC(C)(O)C[C@H](CC(=C)[C@@H](C)C(OC(C)=O)[C@H](C)C(=O)C[C@@H]5C[C@H](OC)C[C@@]6(C[C@@H](O)C[C@H](/C=C\CCC[C@H]7O[C@](O)(C[C@H](O)[C@H]7C)[C@H]2O)O6)O5)O4)O3)[C@@H]1O. The molecule has 0 aromatic rings. The van der Waals surface area contributed by atoms with Crippen LogP contribution in [0.25, 0.3) is 0 Å². The average molecular weight is 1220 g/mol. The molecule has 7 rings (SSSR count). The molecule has 21 nitrogen and oxygen atoms in total. The van der Waals surface area contributed by atoms with Crippen molar-refractivity contribution < 1.29 is 102 Å². The number of methoxy groups -OCH3 is 1. The quantitative estimate of drug-likeness (QED) is 0.0611. The summed E-state index contributed by atoms with van der Waals surface area (Å²) < 4.78 is 63.4. The van der Waals surface area contributed by atoms with E-state index in [1.165, 1.54) is 26.0 Å². The minimum atomic E-state index is -2.40. The van der Waals surface area contributed by atoms with Crippen molar-refractivity contribution in [3.8, 4) is 0 Å². The summed E-state index contributed by atoms with van der Waals surface area (Å²) >= 11 is 5.89. The zero-order valence-corrected chi connectivity index (χ0v) is 51.5. The number of halogens is 1. The van der Waals surface area contributed by atoms with Crippen LogP contribution in [0.3, 0.4) is 0 Å². The molecular weight excluding hydrogens is 1130 g/mol. The maximum Gasteiger partial charge on any atom is 0.308 e. The first kappa shape index (κ1) is 69.0. The first-order valence-electron chi connectivity index (χ1n) is 30.3. The highest BCUT2D eigenvalue weighted by molar-refractivity contribution is 6.30. The maximum atomic E-state index is 14.5. The van der Waals surface area contributed by atoms with E-state index in [0.29, 0.717) is 43.3 Å². The number of hydrogen-bond donors (Lipinski definition) is 7. The fourth-order valence-corrected chi connectivity index (χ4v) is 14.2. The van der Waals surface area contributed by atoms with Gasteiger partial charge in [-0.05, 0) is 51.5 Å². The van der Waals surface area contributed by atoms with Crippen LogP contribution in [0.1, 0.15) is 158 Å². The van der Waals surface area contributed by atoms with Gasteiger partial charge in [0.25, 0.3) is 0 Å². The Kier molecular flexibility index (Phi) is 23.5. The normalized spacial score (nSPS) is 44.5. The van der Waals surface area contributed by atoms with Gasteiger partial charge in [-0.15, -0.1) is 0 Å². The maximum absolute atomic E-state index is 14.5. The Bertz CT molecular complexity index is 2430. The van der Waals surface area contributed by atoms with E-state index in [-0.39, 0.29) is 81.1 Å². The third kappa shape index (κ3) is 18.1. The van der Waals surface area contributed by atoms with Crippen LogP contribution in [-0.4, -0.2) is 187 Å². The van der Waals surface area contributed by atoms with E-state index in [1.807, 2.05) is 12.2 Å². The number of fused-ring (bicyclic) bond motifs is 8. The first-order chi connectivity index (χ1) is 39.8. The molecule has 85 heavy (non-hydrogen) atoms. The highest BCUT2D eigenvalue weighted by Crippen LogP contribution is 2.48. The van der Waals surface area contributed by atoms with Gasteiger partial charge in [0.2, 0.25) is 0 Å². The van der Waals surface area contributed by atoms with Gasteiger partial charge in [-0.2, -0.15) is 0 Å². The van der Waals surface area contributed by atoms with E-state index in [4.69, 9.17) is 59.0 Å². The highest BCUT2D eigenvalue weighted by Gasteiger charge is 2.58. The Morgan fingerprint density at radius 1 is 0.812 bits per heavy atom. The molecule has 2 spiro atoms. The Morgan fingerprint density at radius 2 is 1.47 bits per heavy atom. The van der Waals surface area contributed by atoms with Crippen LogP contribution in [0.4, 0.5) is 0 Å². The van der Waals surface area contributed by atoms with E-state index in [0.717, 1.165) is 0 Å². The van der Waals surface area contributed by atoms with Crippen LogP contribution in [0.15, 0.2) is 60.2 Å². The van der Waals surface area contributed by atoms with Gasteiger partial charge in [0.15, 0.2) is 17.4 Å². The topological polar surface area (TPSA) is 302 Å². The molecule has 0 aromatic carbocycles. The number of allylic oxidation sites excluding steroid dienone is 3. The average Bonchev–Trinajstić information content (AvgIpc) is 1.35. The molecule has 0 aromatic heterocycles. The van der Waals surface area contributed by atoms with Crippen molar-refractivity contribution in [3.05, 3.63) is 60.2 Å². The highest BCUT2D eigenvalue weighted by atomic mass is 35.5. The van der Waals surface area contributed by atoms with Crippen LogP contribution < -0.4 is 0 Å². The minimum absolute atomic E-state index is 0.00321. The summed E-state index contributed by atoms with van der Waals surface area (Å²) in [6.07, 6.45) is -8.69. The first-order valence-corrected chi connectivity index (χ1v) is 30.7. The molecule has 7 N–H and O–H groups in total. The minimum Gasteiger partial charge on any atom is -0.462 e. The molecular formula is C63H95ClO21. The lowest BCUT2D eigenvalue weighted by atomic mass is 9.78. The Morgan fingerprint density at radius 3 is 2.15 bits per heavy atom. The number of esters is 3. The summed E-state index contributed by atoms with van der Waals surface area (Å²) in [5.41, 5.74) is -0.508. The van der Waals surface area contributed by atoms with Crippen molar-refractivity contribution >= 4 is 35.3 Å². The van der Waals surface area contributed by atoms with E-state index in [1.54, 1.807) is 41.7 Å². The number of Topliss-reactive ketones (excluding diaryl/α,β-unsaturated/α-hetero) is 1. The van der Waals surface area contributed by atoms with E-state index in [9.17, 15) is 54.9 Å². The third-order valence-electron chi connectivity index (χ3n) is 18.3. The molecule has 6 saturated heterocycles. The number of carbonyl (C=O) groups excluding carboxylic acids is 4. The number of carbonyl (C=O) groups is 4. The van der Waals surface area contributed by atoms with Crippen molar-refractivity contribution in [2.24, 2.45) is 23.7 Å².